The smallest absolute Gasteiger partial charge is 0.258 e. The number of rotatable bonds is 3. The standard InChI is InChI=1S/C18H19N3OS/c1-13-5-2-8-17-19-14(11-18(22)21(13)17)12-20-9-3-6-15(20)16-7-4-10-23-16/h2,4-5,7-8,10-11,15H,3,6,9,12H2,1H3/p+1/t15-/m1/s1. The molecule has 4 rings (SSSR count). The van der Waals surface area contributed by atoms with Crippen molar-refractivity contribution in [3.63, 3.8) is 0 Å². The van der Waals surface area contributed by atoms with Crippen LogP contribution in [0.1, 0.15) is 35.1 Å². The largest absolute Gasteiger partial charge is 0.323 e. The fourth-order valence-electron chi connectivity index (χ4n) is 3.64. The summed E-state index contributed by atoms with van der Waals surface area (Å²) in [7, 11) is 0. The first-order chi connectivity index (χ1) is 11.2. The molecule has 0 radical (unpaired) electrons. The maximum atomic E-state index is 12.4. The van der Waals surface area contributed by atoms with E-state index in [1.54, 1.807) is 10.5 Å². The lowest BCUT2D eigenvalue weighted by atomic mass is 10.2. The van der Waals surface area contributed by atoms with Gasteiger partial charge in [0.2, 0.25) is 0 Å². The van der Waals surface area contributed by atoms with Crippen LogP contribution in [-0.2, 0) is 6.54 Å². The average molecular weight is 326 g/mol. The molecule has 1 saturated heterocycles. The Labute approximate surface area is 139 Å². The minimum atomic E-state index is 0.0226. The monoisotopic (exact) mass is 326 g/mol. The number of likely N-dealkylation sites (tertiary alicyclic amines) is 1. The number of nitrogens with one attached hydrogen (secondary N) is 1. The molecule has 3 aromatic heterocycles. The van der Waals surface area contributed by atoms with Gasteiger partial charge in [-0.2, -0.15) is 0 Å². The van der Waals surface area contributed by atoms with Gasteiger partial charge in [0, 0.05) is 24.6 Å². The molecule has 2 atom stereocenters. The molecule has 1 aliphatic rings. The predicted molar refractivity (Wildman–Crippen MR) is 92.0 cm³/mol. The number of aromatic nitrogens is 2. The number of nitrogens with zero attached hydrogens (tertiary/aromatic N) is 2. The van der Waals surface area contributed by atoms with Crippen LogP contribution in [0.15, 0.2) is 46.6 Å². The van der Waals surface area contributed by atoms with E-state index in [2.05, 4.69) is 17.5 Å². The summed E-state index contributed by atoms with van der Waals surface area (Å²) in [4.78, 5) is 20.1. The van der Waals surface area contributed by atoms with Crippen LogP contribution in [0.25, 0.3) is 5.65 Å². The van der Waals surface area contributed by atoms with Gasteiger partial charge in [0.25, 0.3) is 5.56 Å². The number of hydrogen-bond acceptors (Lipinski definition) is 3. The van der Waals surface area contributed by atoms with Crippen molar-refractivity contribution in [1.29, 1.82) is 0 Å². The second-order valence-corrected chi connectivity index (χ2v) is 7.22. The van der Waals surface area contributed by atoms with Gasteiger partial charge in [-0.05, 0) is 30.5 Å². The summed E-state index contributed by atoms with van der Waals surface area (Å²) in [5, 5.41) is 2.15. The van der Waals surface area contributed by atoms with Crippen LogP contribution < -0.4 is 10.5 Å². The Morgan fingerprint density at radius 2 is 2.26 bits per heavy atom. The van der Waals surface area contributed by atoms with Gasteiger partial charge in [0.05, 0.1) is 11.4 Å². The number of aryl methyl sites for hydroxylation is 1. The molecule has 5 heteroatoms. The van der Waals surface area contributed by atoms with E-state index in [4.69, 9.17) is 4.98 Å². The summed E-state index contributed by atoms with van der Waals surface area (Å²) in [6, 6.07) is 12.4. The van der Waals surface area contributed by atoms with E-state index in [1.165, 1.54) is 22.6 Å². The SMILES string of the molecule is Cc1cccc2nc(C[NH+]3CCC[C@@H]3c3cccs3)cc(=O)n12. The van der Waals surface area contributed by atoms with Crippen LogP contribution in [0, 0.1) is 6.92 Å². The molecule has 3 aromatic rings. The van der Waals surface area contributed by atoms with E-state index < -0.39 is 0 Å². The van der Waals surface area contributed by atoms with Crippen LogP contribution in [0.2, 0.25) is 0 Å². The van der Waals surface area contributed by atoms with E-state index in [-0.39, 0.29) is 5.56 Å². The average Bonchev–Trinajstić information content (AvgIpc) is 3.17. The van der Waals surface area contributed by atoms with Gasteiger partial charge in [0.15, 0.2) is 0 Å². The molecule has 1 unspecified atom stereocenters. The van der Waals surface area contributed by atoms with E-state index in [1.807, 2.05) is 36.5 Å². The molecular weight excluding hydrogens is 306 g/mol. The molecule has 0 aliphatic carbocycles. The fourth-order valence-corrected chi connectivity index (χ4v) is 4.56. The van der Waals surface area contributed by atoms with Gasteiger partial charge < -0.3 is 4.90 Å². The second-order valence-electron chi connectivity index (χ2n) is 6.24. The predicted octanol–water partition coefficient (Wildman–Crippen LogP) is 1.98. The molecule has 1 fully saturated rings. The quantitative estimate of drug-likeness (QED) is 0.799. The summed E-state index contributed by atoms with van der Waals surface area (Å²) >= 11 is 1.84. The summed E-state index contributed by atoms with van der Waals surface area (Å²) in [6.45, 7) is 3.91. The van der Waals surface area contributed by atoms with Gasteiger partial charge >= 0.3 is 0 Å². The molecule has 4 heterocycles. The first kappa shape index (κ1) is 14.6. The zero-order valence-electron chi connectivity index (χ0n) is 13.2. The molecule has 23 heavy (non-hydrogen) atoms. The van der Waals surface area contributed by atoms with Gasteiger partial charge in [-0.15, -0.1) is 11.3 Å². The van der Waals surface area contributed by atoms with E-state index in [0.717, 1.165) is 30.1 Å². The molecular formula is C18H20N3OS+. The molecule has 0 spiro atoms. The third kappa shape index (κ3) is 2.71. The van der Waals surface area contributed by atoms with Gasteiger partial charge in [0.1, 0.15) is 23.9 Å². The first-order valence-corrected chi connectivity index (χ1v) is 8.96. The van der Waals surface area contributed by atoms with Crippen LogP contribution in [0.3, 0.4) is 0 Å². The van der Waals surface area contributed by atoms with Crippen molar-refractivity contribution in [2.75, 3.05) is 6.54 Å². The lowest BCUT2D eigenvalue weighted by molar-refractivity contribution is -0.932. The molecule has 4 nitrogen and oxygen atoms in total. The number of fused-ring (bicyclic) bond motifs is 1. The summed E-state index contributed by atoms with van der Waals surface area (Å²) < 4.78 is 1.68. The Hall–Kier alpha value is -1.98. The number of thiophene rings is 1. The second kappa shape index (κ2) is 5.91. The van der Waals surface area contributed by atoms with E-state index in [9.17, 15) is 4.79 Å². The van der Waals surface area contributed by atoms with Crippen molar-refractivity contribution in [2.45, 2.75) is 32.4 Å². The van der Waals surface area contributed by atoms with E-state index >= 15 is 0 Å². The fraction of sp³-hybridized carbons (Fsp3) is 0.333. The van der Waals surface area contributed by atoms with Crippen molar-refractivity contribution in [1.82, 2.24) is 9.38 Å². The molecule has 0 amide bonds. The highest BCUT2D eigenvalue weighted by molar-refractivity contribution is 7.10. The van der Waals surface area contributed by atoms with Crippen molar-refractivity contribution in [3.05, 3.63) is 68.4 Å². The Morgan fingerprint density at radius 3 is 3.09 bits per heavy atom. The minimum absolute atomic E-state index is 0.0226. The number of pyridine rings is 1. The van der Waals surface area contributed by atoms with Crippen molar-refractivity contribution in [2.24, 2.45) is 0 Å². The lowest BCUT2D eigenvalue weighted by Crippen LogP contribution is -3.08. The third-order valence-corrected chi connectivity index (χ3v) is 5.70. The third-order valence-electron chi connectivity index (χ3n) is 4.71. The minimum Gasteiger partial charge on any atom is -0.323 e. The molecule has 0 saturated carbocycles. The molecule has 1 N–H and O–H groups in total. The van der Waals surface area contributed by atoms with Crippen LogP contribution in [0.5, 0.6) is 0 Å². The molecule has 1 aliphatic heterocycles. The van der Waals surface area contributed by atoms with E-state index in [0.29, 0.717) is 6.04 Å². The highest BCUT2D eigenvalue weighted by atomic mass is 32.1. The van der Waals surface area contributed by atoms with Crippen molar-refractivity contribution < 1.29 is 4.90 Å². The van der Waals surface area contributed by atoms with Crippen LogP contribution in [-0.4, -0.2) is 15.9 Å². The Kier molecular flexibility index (Phi) is 3.75. The first-order valence-electron chi connectivity index (χ1n) is 8.08. The Balaban J connectivity index is 1.66. The molecule has 118 valence electrons. The van der Waals surface area contributed by atoms with Gasteiger partial charge in [-0.3, -0.25) is 9.20 Å². The topological polar surface area (TPSA) is 38.8 Å². The normalized spacial score (nSPS) is 21.1. The Bertz CT molecular complexity index is 885. The number of quaternary nitrogens is 1. The van der Waals surface area contributed by atoms with Crippen molar-refractivity contribution in [3.8, 4) is 0 Å². The summed E-state index contributed by atoms with van der Waals surface area (Å²) in [5.41, 5.74) is 2.60. The highest BCUT2D eigenvalue weighted by Crippen LogP contribution is 2.23. The molecule has 0 aromatic carbocycles. The summed E-state index contributed by atoms with van der Waals surface area (Å²) in [6.07, 6.45) is 2.46. The number of hydrogen-bond donors (Lipinski definition) is 1. The summed E-state index contributed by atoms with van der Waals surface area (Å²) in [5.74, 6) is 0. The van der Waals surface area contributed by atoms with Crippen molar-refractivity contribution >= 4 is 17.0 Å². The van der Waals surface area contributed by atoms with Gasteiger partial charge in [-0.1, -0.05) is 12.1 Å². The Morgan fingerprint density at radius 1 is 1.35 bits per heavy atom. The zero-order chi connectivity index (χ0) is 15.8. The maximum Gasteiger partial charge on any atom is 0.258 e. The van der Waals surface area contributed by atoms with Crippen LogP contribution in [0.4, 0.5) is 0 Å². The highest BCUT2D eigenvalue weighted by Gasteiger charge is 2.31. The molecule has 0 bridgehead atoms. The maximum absolute atomic E-state index is 12.4. The lowest BCUT2D eigenvalue weighted by Gasteiger charge is -2.20. The zero-order valence-corrected chi connectivity index (χ0v) is 14.0. The van der Waals surface area contributed by atoms with Crippen LogP contribution >= 0.6 is 11.3 Å². The van der Waals surface area contributed by atoms with Gasteiger partial charge in [-0.25, -0.2) is 4.98 Å².